The molecule has 4 rings (SSSR count). The van der Waals surface area contributed by atoms with Crippen LogP contribution in [-0.2, 0) is 16.4 Å². The van der Waals surface area contributed by atoms with E-state index in [2.05, 4.69) is 10.1 Å². The summed E-state index contributed by atoms with van der Waals surface area (Å²) in [6, 6.07) is 8.07. The first-order valence-corrected chi connectivity index (χ1v) is 12.3. The fourth-order valence-electron chi connectivity index (χ4n) is 3.89. The number of amides is 1. The predicted octanol–water partition coefficient (Wildman–Crippen LogP) is 3.86. The molecule has 2 aliphatic rings. The van der Waals surface area contributed by atoms with Crippen molar-refractivity contribution in [2.75, 3.05) is 13.1 Å². The first kappa shape index (κ1) is 21.9. The summed E-state index contributed by atoms with van der Waals surface area (Å²) in [7, 11) is -3.62. The van der Waals surface area contributed by atoms with Gasteiger partial charge in [-0.15, -0.1) is 11.3 Å². The second kappa shape index (κ2) is 9.05. The van der Waals surface area contributed by atoms with Crippen LogP contribution in [0.15, 0.2) is 40.6 Å². The molecule has 10 heteroatoms. The average molecular weight is 469 g/mol. The van der Waals surface area contributed by atoms with Crippen LogP contribution in [-0.4, -0.2) is 44.4 Å². The minimum absolute atomic E-state index is 0.0598. The number of sulfonamides is 1. The zero-order valence-corrected chi connectivity index (χ0v) is 18.2. The minimum atomic E-state index is -3.62. The Balaban J connectivity index is 1.40. The molecular weight excluding hydrogens is 446 g/mol. The van der Waals surface area contributed by atoms with Gasteiger partial charge in [-0.05, 0) is 66.5 Å². The van der Waals surface area contributed by atoms with E-state index in [1.165, 1.54) is 27.8 Å². The Morgan fingerprint density at radius 2 is 1.97 bits per heavy atom. The molecular formula is C21H22F2N2O4S2. The SMILES string of the molecule is O=C(NC1CCN(S(=O)(=O)C2=Cc3ccc(OC(F)F)cc3CC2)CC1)c1cccs1. The molecule has 1 aromatic heterocycles. The van der Waals surface area contributed by atoms with E-state index in [0.29, 0.717) is 54.1 Å². The Bertz CT molecular complexity index is 1080. The molecule has 2 heterocycles. The van der Waals surface area contributed by atoms with Gasteiger partial charge >= 0.3 is 6.61 Å². The van der Waals surface area contributed by atoms with E-state index >= 15 is 0 Å². The molecule has 0 saturated carbocycles. The van der Waals surface area contributed by atoms with Crippen molar-refractivity contribution in [2.24, 2.45) is 0 Å². The van der Waals surface area contributed by atoms with Crippen LogP contribution in [0.5, 0.6) is 5.75 Å². The maximum absolute atomic E-state index is 13.1. The summed E-state index contributed by atoms with van der Waals surface area (Å²) in [6.07, 6.45) is 3.46. The highest BCUT2D eigenvalue weighted by atomic mass is 32.2. The molecule has 0 spiro atoms. The number of allylic oxidation sites excluding steroid dienone is 1. The van der Waals surface area contributed by atoms with Gasteiger partial charge in [-0.1, -0.05) is 12.1 Å². The summed E-state index contributed by atoms with van der Waals surface area (Å²) in [6.45, 7) is -2.22. The molecule has 2 aromatic rings. The Labute approximate surface area is 183 Å². The predicted molar refractivity (Wildman–Crippen MR) is 115 cm³/mol. The van der Waals surface area contributed by atoms with Crippen molar-refractivity contribution in [1.29, 1.82) is 0 Å². The quantitative estimate of drug-likeness (QED) is 0.699. The zero-order valence-electron chi connectivity index (χ0n) is 16.6. The largest absolute Gasteiger partial charge is 0.435 e. The summed E-state index contributed by atoms with van der Waals surface area (Å²) in [4.78, 5) is 13.2. The normalized spacial score (nSPS) is 17.8. The number of thiophene rings is 1. The van der Waals surface area contributed by atoms with Crippen LogP contribution in [0.25, 0.3) is 6.08 Å². The van der Waals surface area contributed by atoms with Crippen molar-refractivity contribution in [1.82, 2.24) is 9.62 Å². The fourth-order valence-corrected chi connectivity index (χ4v) is 6.18. The topological polar surface area (TPSA) is 75.7 Å². The number of ether oxygens (including phenoxy) is 1. The molecule has 0 radical (unpaired) electrons. The molecule has 0 bridgehead atoms. The number of hydrogen-bond donors (Lipinski definition) is 1. The van der Waals surface area contributed by atoms with E-state index in [9.17, 15) is 22.0 Å². The summed E-state index contributed by atoms with van der Waals surface area (Å²) < 4.78 is 56.9. The number of fused-ring (bicyclic) bond motifs is 1. The molecule has 6 nitrogen and oxygen atoms in total. The maximum Gasteiger partial charge on any atom is 0.387 e. The van der Waals surface area contributed by atoms with E-state index < -0.39 is 16.6 Å². The van der Waals surface area contributed by atoms with Crippen molar-refractivity contribution >= 4 is 33.3 Å². The third-order valence-corrected chi connectivity index (χ3v) is 8.40. The lowest BCUT2D eigenvalue weighted by atomic mass is 9.97. The standard InChI is InChI=1S/C21H22F2N2O4S2/c22-21(23)29-17-5-3-15-13-18(6-4-14(15)12-17)31(27,28)25-9-7-16(8-10-25)24-20(26)19-2-1-11-30-19/h1-3,5,11-13,16,21H,4,6-10H2,(H,24,26). The Morgan fingerprint density at radius 3 is 2.65 bits per heavy atom. The molecule has 1 N–H and O–H groups in total. The third-order valence-electron chi connectivity index (χ3n) is 5.50. The van der Waals surface area contributed by atoms with E-state index in [1.807, 2.05) is 11.4 Å². The monoisotopic (exact) mass is 468 g/mol. The van der Waals surface area contributed by atoms with Gasteiger partial charge in [0.05, 0.1) is 9.78 Å². The zero-order chi connectivity index (χ0) is 22.0. The number of nitrogens with one attached hydrogen (secondary N) is 1. The molecule has 0 unspecified atom stereocenters. The van der Waals surface area contributed by atoms with Crippen LogP contribution in [0.2, 0.25) is 0 Å². The van der Waals surface area contributed by atoms with Gasteiger partial charge in [0.25, 0.3) is 5.91 Å². The maximum atomic E-state index is 13.1. The lowest BCUT2D eigenvalue weighted by Gasteiger charge is -2.32. The van der Waals surface area contributed by atoms with E-state index in [4.69, 9.17) is 0 Å². The molecule has 166 valence electrons. The molecule has 1 aliphatic heterocycles. The molecule has 1 aliphatic carbocycles. The van der Waals surface area contributed by atoms with E-state index in [1.54, 1.807) is 18.2 Å². The molecule has 1 fully saturated rings. The van der Waals surface area contributed by atoms with Gasteiger partial charge in [-0.3, -0.25) is 4.79 Å². The Morgan fingerprint density at radius 1 is 1.19 bits per heavy atom. The molecule has 1 saturated heterocycles. The third kappa shape index (κ3) is 4.97. The van der Waals surface area contributed by atoms with Crippen molar-refractivity contribution in [3.63, 3.8) is 0 Å². The first-order chi connectivity index (χ1) is 14.8. The average Bonchev–Trinajstić information content (AvgIpc) is 3.28. The van der Waals surface area contributed by atoms with Crippen LogP contribution in [0.3, 0.4) is 0 Å². The van der Waals surface area contributed by atoms with Crippen LogP contribution >= 0.6 is 11.3 Å². The van der Waals surface area contributed by atoms with Gasteiger partial charge in [0, 0.05) is 19.1 Å². The number of halogens is 2. The fraction of sp³-hybridized carbons (Fsp3) is 0.381. The van der Waals surface area contributed by atoms with Crippen molar-refractivity contribution < 1.29 is 26.7 Å². The highest BCUT2D eigenvalue weighted by Gasteiger charge is 2.32. The van der Waals surface area contributed by atoms with Gasteiger partial charge in [-0.2, -0.15) is 13.1 Å². The second-order valence-corrected chi connectivity index (χ2v) is 10.4. The number of alkyl halides is 2. The van der Waals surface area contributed by atoms with Gasteiger partial charge in [0.15, 0.2) is 0 Å². The molecule has 31 heavy (non-hydrogen) atoms. The smallest absolute Gasteiger partial charge is 0.387 e. The van der Waals surface area contributed by atoms with Crippen LogP contribution in [0, 0.1) is 0 Å². The molecule has 0 atom stereocenters. The summed E-state index contributed by atoms with van der Waals surface area (Å²) >= 11 is 1.37. The van der Waals surface area contributed by atoms with E-state index in [-0.39, 0.29) is 17.7 Å². The first-order valence-electron chi connectivity index (χ1n) is 9.96. The van der Waals surface area contributed by atoms with Crippen LogP contribution < -0.4 is 10.1 Å². The minimum Gasteiger partial charge on any atom is -0.435 e. The summed E-state index contributed by atoms with van der Waals surface area (Å²) in [5.41, 5.74) is 1.48. The highest BCUT2D eigenvalue weighted by Crippen LogP contribution is 2.32. The van der Waals surface area contributed by atoms with Gasteiger partial charge in [0.1, 0.15) is 5.75 Å². The van der Waals surface area contributed by atoms with Gasteiger partial charge in [-0.25, -0.2) is 8.42 Å². The number of benzene rings is 1. The Hall–Kier alpha value is -2.30. The number of carbonyl (C=O) groups is 1. The lowest BCUT2D eigenvalue weighted by Crippen LogP contribution is -2.46. The number of carbonyl (C=O) groups excluding carboxylic acids is 1. The number of nitrogens with zero attached hydrogens (tertiary/aromatic N) is 1. The Kier molecular flexibility index (Phi) is 6.40. The number of piperidine rings is 1. The van der Waals surface area contributed by atoms with Crippen molar-refractivity contribution in [2.45, 2.75) is 38.3 Å². The molecule has 1 amide bonds. The highest BCUT2D eigenvalue weighted by molar-refractivity contribution is 7.93. The number of aryl methyl sites for hydroxylation is 1. The lowest BCUT2D eigenvalue weighted by molar-refractivity contribution is -0.0498. The van der Waals surface area contributed by atoms with Gasteiger partial charge < -0.3 is 10.1 Å². The van der Waals surface area contributed by atoms with Gasteiger partial charge in [0.2, 0.25) is 10.0 Å². The number of hydrogen-bond acceptors (Lipinski definition) is 5. The van der Waals surface area contributed by atoms with Crippen LogP contribution in [0.1, 0.15) is 40.1 Å². The van der Waals surface area contributed by atoms with Crippen molar-refractivity contribution in [3.05, 3.63) is 56.6 Å². The summed E-state index contributed by atoms with van der Waals surface area (Å²) in [5.74, 6) is -0.0572. The van der Waals surface area contributed by atoms with Crippen molar-refractivity contribution in [3.8, 4) is 5.75 Å². The molecule has 1 aromatic carbocycles. The summed E-state index contributed by atoms with van der Waals surface area (Å²) in [5, 5.41) is 4.81. The number of rotatable bonds is 6. The van der Waals surface area contributed by atoms with Crippen LogP contribution in [0.4, 0.5) is 8.78 Å². The second-order valence-electron chi connectivity index (χ2n) is 7.48. The van der Waals surface area contributed by atoms with E-state index in [0.717, 1.165) is 5.56 Å².